The highest BCUT2D eigenvalue weighted by molar-refractivity contribution is 6.00. The first-order valence-corrected chi connectivity index (χ1v) is 5.16. The number of fused-ring (bicyclic) bond motifs is 1. The van der Waals surface area contributed by atoms with Gasteiger partial charge >= 0.3 is 0 Å². The van der Waals surface area contributed by atoms with Gasteiger partial charge < -0.3 is 10.5 Å². The lowest BCUT2D eigenvalue weighted by Crippen LogP contribution is -2.42. The van der Waals surface area contributed by atoms with Gasteiger partial charge in [0.25, 0.3) is 0 Å². The highest BCUT2D eigenvalue weighted by atomic mass is 16.5. The number of ether oxygens (including phenoxy) is 1. The molecule has 0 saturated heterocycles. The van der Waals surface area contributed by atoms with Crippen molar-refractivity contribution in [3.63, 3.8) is 0 Å². The molecule has 1 unspecified atom stereocenters. The number of rotatable bonds is 1. The van der Waals surface area contributed by atoms with Gasteiger partial charge in [0.05, 0.1) is 5.56 Å². The molecule has 0 aliphatic carbocycles. The van der Waals surface area contributed by atoms with E-state index in [0.717, 1.165) is 11.3 Å². The summed E-state index contributed by atoms with van der Waals surface area (Å²) < 4.78 is 5.88. The Labute approximate surface area is 90.0 Å². The Hall–Kier alpha value is -1.51. The van der Waals surface area contributed by atoms with Crippen LogP contribution in [0.5, 0.6) is 5.75 Å². The highest BCUT2D eigenvalue weighted by Crippen LogP contribution is 2.33. The van der Waals surface area contributed by atoms with Gasteiger partial charge in [0.15, 0.2) is 0 Å². The zero-order chi connectivity index (χ0) is 11.1. The second-order valence-electron chi connectivity index (χ2n) is 4.30. The van der Waals surface area contributed by atoms with Crippen LogP contribution in [0.25, 0.3) is 0 Å². The maximum absolute atomic E-state index is 5.93. The Morgan fingerprint density at radius 1 is 1.33 bits per heavy atom. The lowest BCUT2D eigenvalue weighted by Gasteiger charge is -2.35. The summed E-state index contributed by atoms with van der Waals surface area (Å²) in [5, 5.41) is 0. The molecule has 3 heteroatoms. The molecular weight excluding hydrogens is 188 g/mol. The number of aliphatic imine (C=N–C) groups is 1. The smallest absolute Gasteiger partial charge is 0.201 e. The molecule has 0 spiro atoms. The predicted octanol–water partition coefficient (Wildman–Crippen LogP) is 2.16. The van der Waals surface area contributed by atoms with Gasteiger partial charge in [-0.2, -0.15) is 0 Å². The van der Waals surface area contributed by atoms with Gasteiger partial charge in [0.2, 0.25) is 5.72 Å². The summed E-state index contributed by atoms with van der Waals surface area (Å²) >= 11 is 0. The number of nitrogens with zero attached hydrogens (tertiary/aromatic N) is 1. The van der Waals surface area contributed by atoms with Gasteiger partial charge in [-0.3, -0.25) is 0 Å². The average molecular weight is 204 g/mol. The molecule has 1 heterocycles. The first-order chi connectivity index (χ1) is 7.03. The van der Waals surface area contributed by atoms with E-state index in [0.29, 0.717) is 5.84 Å². The third-order valence-corrected chi connectivity index (χ3v) is 2.89. The topological polar surface area (TPSA) is 47.6 Å². The molecule has 0 aromatic heterocycles. The minimum absolute atomic E-state index is 0.282. The van der Waals surface area contributed by atoms with Crippen LogP contribution in [0.4, 0.5) is 0 Å². The molecule has 1 aromatic carbocycles. The Balaban J connectivity index is 2.49. The number of para-hydroxylation sites is 1. The lowest BCUT2D eigenvalue weighted by atomic mass is 10.00. The van der Waals surface area contributed by atoms with Gasteiger partial charge in [-0.25, -0.2) is 4.99 Å². The van der Waals surface area contributed by atoms with Crippen LogP contribution in [0.1, 0.15) is 26.3 Å². The zero-order valence-electron chi connectivity index (χ0n) is 9.32. The first kappa shape index (κ1) is 10.0. The molecular formula is C12H16N2O. The average Bonchev–Trinajstić information content (AvgIpc) is 2.17. The third kappa shape index (κ3) is 1.58. The molecule has 0 radical (unpaired) electrons. The fourth-order valence-electron chi connectivity index (χ4n) is 1.56. The molecule has 1 aliphatic heterocycles. The lowest BCUT2D eigenvalue weighted by molar-refractivity contribution is 0.0459. The van der Waals surface area contributed by atoms with Gasteiger partial charge in [-0.1, -0.05) is 26.0 Å². The van der Waals surface area contributed by atoms with Gasteiger partial charge in [-0.05, 0) is 19.1 Å². The molecule has 80 valence electrons. The molecule has 1 atom stereocenters. The van der Waals surface area contributed by atoms with Crippen molar-refractivity contribution in [3.8, 4) is 5.75 Å². The molecule has 0 amide bonds. The second kappa shape index (κ2) is 3.26. The summed E-state index contributed by atoms with van der Waals surface area (Å²) in [6.07, 6.45) is 0. The van der Waals surface area contributed by atoms with Crippen LogP contribution in [0.3, 0.4) is 0 Å². The molecule has 15 heavy (non-hydrogen) atoms. The molecule has 1 aromatic rings. The van der Waals surface area contributed by atoms with E-state index in [2.05, 4.69) is 18.8 Å². The van der Waals surface area contributed by atoms with E-state index in [9.17, 15) is 0 Å². The molecule has 0 fully saturated rings. The summed E-state index contributed by atoms with van der Waals surface area (Å²) in [7, 11) is 0. The van der Waals surface area contributed by atoms with Gasteiger partial charge in [0, 0.05) is 5.92 Å². The fraction of sp³-hybridized carbons (Fsp3) is 0.417. The van der Waals surface area contributed by atoms with Gasteiger partial charge in [0.1, 0.15) is 11.6 Å². The van der Waals surface area contributed by atoms with Crippen LogP contribution in [-0.2, 0) is 0 Å². The molecule has 3 nitrogen and oxygen atoms in total. The van der Waals surface area contributed by atoms with E-state index in [1.165, 1.54) is 0 Å². The minimum Gasteiger partial charge on any atom is -0.465 e. The Morgan fingerprint density at radius 3 is 2.67 bits per heavy atom. The normalized spacial score (nSPS) is 24.4. The van der Waals surface area contributed by atoms with E-state index >= 15 is 0 Å². The molecule has 2 rings (SSSR count). The van der Waals surface area contributed by atoms with Crippen LogP contribution >= 0.6 is 0 Å². The van der Waals surface area contributed by atoms with Crippen molar-refractivity contribution in [3.05, 3.63) is 29.8 Å². The standard InChI is InChI=1S/C12H16N2O/c1-8(2)12(3)14-11(13)9-6-4-5-7-10(9)15-12/h4-8H,1-3H3,(H2,13,14). The van der Waals surface area contributed by atoms with E-state index in [1.807, 2.05) is 31.2 Å². The van der Waals surface area contributed by atoms with Crippen LogP contribution in [0, 0.1) is 5.92 Å². The molecule has 1 aliphatic rings. The summed E-state index contributed by atoms with van der Waals surface area (Å²) in [6.45, 7) is 6.11. The van der Waals surface area contributed by atoms with Crippen LogP contribution in [0.15, 0.2) is 29.3 Å². The van der Waals surface area contributed by atoms with Crippen LogP contribution in [-0.4, -0.2) is 11.6 Å². The van der Waals surface area contributed by atoms with Gasteiger partial charge in [-0.15, -0.1) is 0 Å². The van der Waals surface area contributed by atoms with E-state index in [-0.39, 0.29) is 5.92 Å². The summed E-state index contributed by atoms with van der Waals surface area (Å²) in [4.78, 5) is 4.43. The molecule has 0 bridgehead atoms. The maximum Gasteiger partial charge on any atom is 0.201 e. The SMILES string of the molecule is CC(C)C1(C)N=C(N)c2ccccc2O1. The largest absolute Gasteiger partial charge is 0.465 e. The second-order valence-corrected chi connectivity index (χ2v) is 4.30. The van der Waals surface area contributed by atoms with Crippen molar-refractivity contribution in [1.82, 2.24) is 0 Å². The monoisotopic (exact) mass is 204 g/mol. The zero-order valence-corrected chi connectivity index (χ0v) is 9.32. The van der Waals surface area contributed by atoms with E-state index in [1.54, 1.807) is 0 Å². The minimum atomic E-state index is -0.543. The van der Waals surface area contributed by atoms with Crippen molar-refractivity contribution >= 4 is 5.84 Å². The number of nitrogens with two attached hydrogens (primary N) is 1. The number of hydrogen-bond acceptors (Lipinski definition) is 3. The van der Waals surface area contributed by atoms with Crippen molar-refractivity contribution in [1.29, 1.82) is 0 Å². The summed E-state index contributed by atoms with van der Waals surface area (Å²) in [6, 6.07) is 7.73. The van der Waals surface area contributed by atoms with Crippen molar-refractivity contribution in [2.45, 2.75) is 26.5 Å². The van der Waals surface area contributed by atoms with E-state index < -0.39 is 5.72 Å². The Morgan fingerprint density at radius 2 is 2.00 bits per heavy atom. The third-order valence-electron chi connectivity index (χ3n) is 2.89. The number of benzene rings is 1. The summed E-state index contributed by atoms with van der Waals surface area (Å²) in [5.74, 6) is 1.67. The van der Waals surface area contributed by atoms with Crippen molar-refractivity contribution in [2.75, 3.05) is 0 Å². The highest BCUT2D eigenvalue weighted by Gasteiger charge is 2.34. The maximum atomic E-state index is 5.93. The van der Waals surface area contributed by atoms with Crippen molar-refractivity contribution < 1.29 is 4.74 Å². The van der Waals surface area contributed by atoms with Crippen LogP contribution in [0.2, 0.25) is 0 Å². The molecule has 0 saturated carbocycles. The summed E-state index contributed by atoms with van der Waals surface area (Å²) in [5.41, 5.74) is 6.27. The quantitative estimate of drug-likeness (QED) is 0.762. The fourth-order valence-corrected chi connectivity index (χ4v) is 1.56. The number of hydrogen-bond donors (Lipinski definition) is 1. The predicted molar refractivity (Wildman–Crippen MR) is 61.0 cm³/mol. The number of amidine groups is 1. The first-order valence-electron chi connectivity index (χ1n) is 5.16. The Bertz CT molecular complexity index is 412. The molecule has 2 N–H and O–H groups in total. The van der Waals surface area contributed by atoms with Crippen LogP contribution < -0.4 is 10.5 Å². The van der Waals surface area contributed by atoms with Crippen molar-refractivity contribution in [2.24, 2.45) is 16.6 Å². The Kier molecular flexibility index (Phi) is 2.18. The van der Waals surface area contributed by atoms with E-state index in [4.69, 9.17) is 10.5 Å².